The van der Waals surface area contributed by atoms with Crippen LogP contribution in [0.2, 0.25) is 0 Å². The summed E-state index contributed by atoms with van der Waals surface area (Å²) in [6, 6.07) is 8.22. The van der Waals surface area contributed by atoms with Crippen LogP contribution in [0, 0.1) is 5.92 Å². The smallest absolute Gasteiger partial charge is 0.224 e. The summed E-state index contributed by atoms with van der Waals surface area (Å²) in [4.78, 5) is 12.2. The van der Waals surface area contributed by atoms with E-state index in [4.69, 9.17) is 0 Å². The van der Waals surface area contributed by atoms with Crippen molar-refractivity contribution < 1.29 is 9.90 Å². The molecule has 0 saturated carbocycles. The molecule has 1 aliphatic carbocycles. The molecule has 0 spiro atoms. The molecule has 2 rings (SSSR count). The first-order chi connectivity index (χ1) is 8.58. The molecule has 1 unspecified atom stereocenters. The lowest BCUT2D eigenvalue weighted by Gasteiger charge is -2.28. The number of nitrogens with one attached hydrogen (secondary N) is 1. The summed E-state index contributed by atoms with van der Waals surface area (Å²) < 4.78 is 0. The SMILES string of the molecule is CCC(C)(CO)NC(=O)C1Cc2ccccc2C1. The van der Waals surface area contributed by atoms with Gasteiger partial charge < -0.3 is 10.4 Å². The van der Waals surface area contributed by atoms with Gasteiger partial charge in [-0.1, -0.05) is 31.2 Å². The Morgan fingerprint density at radius 1 is 1.39 bits per heavy atom. The molecule has 0 bridgehead atoms. The van der Waals surface area contributed by atoms with Gasteiger partial charge in [0.25, 0.3) is 0 Å². The van der Waals surface area contributed by atoms with Crippen molar-refractivity contribution >= 4 is 5.91 Å². The maximum Gasteiger partial charge on any atom is 0.224 e. The van der Waals surface area contributed by atoms with E-state index in [1.807, 2.05) is 26.0 Å². The lowest BCUT2D eigenvalue weighted by atomic mass is 9.97. The number of carbonyl (C=O) groups is 1. The Labute approximate surface area is 108 Å². The molecule has 1 aromatic rings. The third-order valence-corrected chi connectivity index (χ3v) is 3.98. The molecule has 0 heterocycles. The van der Waals surface area contributed by atoms with Crippen molar-refractivity contribution in [2.24, 2.45) is 5.92 Å². The predicted molar refractivity (Wildman–Crippen MR) is 71.3 cm³/mol. The van der Waals surface area contributed by atoms with Gasteiger partial charge in [0.1, 0.15) is 0 Å². The average molecular weight is 247 g/mol. The maximum atomic E-state index is 12.2. The van der Waals surface area contributed by atoms with Crippen molar-refractivity contribution in [3.8, 4) is 0 Å². The zero-order valence-electron chi connectivity index (χ0n) is 11.1. The van der Waals surface area contributed by atoms with Crippen LogP contribution in [0.15, 0.2) is 24.3 Å². The molecule has 2 N–H and O–H groups in total. The van der Waals surface area contributed by atoms with Gasteiger partial charge in [0, 0.05) is 5.92 Å². The molecule has 18 heavy (non-hydrogen) atoms. The van der Waals surface area contributed by atoms with Crippen LogP contribution in [0.1, 0.15) is 31.4 Å². The largest absolute Gasteiger partial charge is 0.394 e. The second-order valence-electron chi connectivity index (χ2n) is 5.44. The molecule has 1 atom stereocenters. The average Bonchev–Trinajstić information content (AvgIpc) is 2.82. The minimum absolute atomic E-state index is 0.0137. The minimum atomic E-state index is -0.494. The Balaban J connectivity index is 2.01. The molecule has 0 fully saturated rings. The van der Waals surface area contributed by atoms with Gasteiger partial charge >= 0.3 is 0 Å². The third-order valence-electron chi connectivity index (χ3n) is 3.98. The van der Waals surface area contributed by atoms with Crippen LogP contribution < -0.4 is 5.32 Å². The highest BCUT2D eigenvalue weighted by atomic mass is 16.3. The highest BCUT2D eigenvalue weighted by molar-refractivity contribution is 5.81. The highest BCUT2D eigenvalue weighted by Gasteiger charge is 2.31. The second-order valence-corrected chi connectivity index (χ2v) is 5.44. The Morgan fingerprint density at radius 2 is 1.94 bits per heavy atom. The Kier molecular flexibility index (Phi) is 3.71. The number of rotatable bonds is 4. The molecule has 0 aromatic heterocycles. The predicted octanol–water partition coefficient (Wildman–Crippen LogP) is 1.68. The summed E-state index contributed by atoms with van der Waals surface area (Å²) in [7, 11) is 0. The van der Waals surface area contributed by atoms with Crippen molar-refractivity contribution in [3.05, 3.63) is 35.4 Å². The zero-order valence-corrected chi connectivity index (χ0v) is 11.1. The van der Waals surface area contributed by atoms with E-state index in [2.05, 4.69) is 17.4 Å². The van der Waals surface area contributed by atoms with E-state index < -0.39 is 5.54 Å². The summed E-state index contributed by atoms with van der Waals surface area (Å²) in [5.41, 5.74) is 2.06. The number of amides is 1. The zero-order chi connectivity index (χ0) is 13.2. The van der Waals surface area contributed by atoms with E-state index in [-0.39, 0.29) is 18.4 Å². The molecule has 0 aliphatic heterocycles. The molecule has 1 aromatic carbocycles. The van der Waals surface area contributed by atoms with Gasteiger partial charge in [-0.25, -0.2) is 0 Å². The van der Waals surface area contributed by atoms with Crippen LogP contribution in [0.3, 0.4) is 0 Å². The van der Waals surface area contributed by atoms with Gasteiger partial charge in [-0.3, -0.25) is 4.79 Å². The normalized spacial score (nSPS) is 18.2. The Morgan fingerprint density at radius 3 is 2.39 bits per heavy atom. The van der Waals surface area contributed by atoms with Crippen LogP contribution in [0.5, 0.6) is 0 Å². The number of carbonyl (C=O) groups excluding carboxylic acids is 1. The second kappa shape index (κ2) is 5.11. The van der Waals surface area contributed by atoms with Crippen molar-refractivity contribution in [2.75, 3.05) is 6.61 Å². The molecule has 3 nitrogen and oxygen atoms in total. The van der Waals surface area contributed by atoms with Gasteiger partial charge in [-0.2, -0.15) is 0 Å². The number of benzene rings is 1. The van der Waals surface area contributed by atoms with E-state index in [0.717, 1.165) is 19.3 Å². The molecular weight excluding hydrogens is 226 g/mol. The third kappa shape index (κ3) is 2.56. The van der Waals surface area contributed by atoms with Crippen molar-refractivity contribution in [2.45, 2.75) is 38.6 Å². The quantitative estimate of drug-likeness (QED) is 0.850. The van der Waals surface area contributed by atoms with Crippen molar-refractivity contribution in [3.63, 3.8) is 0 Å². The van der Waals surface area contributed by atoms with E-state index in [9.17, 15) is 9.90 Å². The van der Waals surface area contributed by atoms with Gasteiger partial charge in [0.2, 0.25) is 5.91 Å². The van der Waals surface area contributed by atoms with E-state index >= 15 is 0 Å². The van der Waals surface area contributed by atoms with Crippen LogP contribution in [-0.4, -0.2) is 23.2 Å². The van der Waals surface area contributed by atoms with Crippen molar-refractivity contribution in [1.29, 1.82) is 0 Å². The first-order valence-corrected chi connectivity index (χ1v) is 6.57. The Bertz CT molecular complexity index is 413. The van der Waals surface area contributed by atoms with Gasteiger partial charge in [0.05, 0.1) is 12.1 Å². The lowest BCUT2D eigenvalue weighted by Crippen LogP contribution is -2.50. The first kappa shape index (κ1) is 13.1. The fourth-order valence-corrected chi connectivity index (χ4v) is 2.38. The topological polar surface area (TPSA) is 49.3 Å². The molecule has 0 saturated heterocycles. The summed E-state index contributed by atoms with van der Waals surface area (Å²) in [5, 5.41) is 12.3. The van der Waals surface area contributed by atoms with Crippen LogP contribution in [-0.2, 0) is 17.6 Å². The summed E-state index contributed by atoms with van der Waals surface area (Å²) in [5.74, 6) is 0.0735. The van der Waals surface area contributed by atoms with Crippen LogP contribution in [0.4, 0.5) is 0 Å². The number of hydrogen-bond donors (Lipinski definition) is 2. The maximum absolute atomic E-state index is 12.2. The first-order valence-electron chi connectivity index (χ1n) is 6.57. The van der Waals surface area contributed by atoms with E-state index in [1.165, 1.54) is 11.1 Å². The standard InChI is InChI=1S/C15H21NO2/c1-3-15(2,10-17)16-14(18)13-8-11-6-4-5-7-12(11)9-13/h4-7,13,17H,3,8-10H2,1-2H3,(H,16,18). The van der Waals surface area contributed by atoms with Gasteiger partial charge in [0.15, 0.2) is 0 Å². The van der Waals surface area contributed by atoms with Gasteiger partial charge in [-0.05, 0) is 37.3 Å². The molecule has 0 radical (unpaired) electrons. The van der Waals surface area contributed by atoms with Crippen LogP contribution in [0.25, 0.3) is 0 Å². The minimum Gasteiger partial charge on any atom is -0.394 e. The number of fused-ring (bicyclic) bond motifs is 1. The van der Waals surface area contributed by atoms with E-state index in [0.29, 0.717) is 0 Å². The van der Waals surface area contributed by atoms with Crippen molar-refractivity contribution in [1.82, 2.24) is 5.32 Å². The molecule has 3 heteroatoms. The number of hydrogen-bond acceptors (Lipinski definition) is 2. The summed E-state index contributed by atoms with van der Waals surface area (Å²) in [6.45, 7) is 3.84. The number of aliphatic hydroxyl groups excluding tert-OH is 1. The number of aliphatic hydroxyl groups is 1. The molecular formula is C15H21NO2. The van der Waals surface area contributed by atoms with Gasteiger partial charge in [-0.15, -0.1) is 0 Å². The monoisotopic (exact) mass is 247 g/mol. The fourth-order valence-electron chi connectivity index (χ4n) is 2.38. The molecule has 98 valence electrons. The summed E-state index contributed by atoms with van der Waals surface area (Å²) in [6.07, 6.45) is 2.36. The van der Waals surface area contributed by atoms with Crippen LogP contribution >= 0.6 is 0 Å². The lowest BCUT2D eigenvalue weighted by molar-refractivity contribution is -0.127. The molecule has 1 amide bonds. The van der Waals surface area contributed by atoms with E-state index in [1.54, 1.807) is 0 Å². The molecule has 1 aliphatic rings. The fraction of sp³-hybridized carbons (Fsp3) is 0.533. The Hall–Kier alpha value is -1.35. The summed E-state index contributed by atoms with van der Waals surface area (Å²) >= 11 is 0. The highest BCUT2D eigenvalue weighted by Crippen LogP contribution is 2.27.